The van der Waals surface area contributed by atoms with Gasteiger partial charge < -0.3 is 14.5 Å². The van der Waals surface area contributed by atoms with Crippen LogP contribution in [0.25, 0.3) is 11.5 Å². The van der Waals surface area contributed by atoms with E-state index in [1.807, 2.05) is 24.3 Å². The van der Waals surface area contributed by atoms with Gasteiger partial charge in [-0.05, 0) is 30.4 Å². The molecule has 1 heterocycles. The molecule has 1 aliphatic rings. The fourth-order valence-electron chi connectivity index (χ4n) is 3.34. The molecule has 0 unspecified atom stereocenters. The van der Waals surface area contributed by atoms with Crippen molar-refractivity contribution in [1.82, 2.24) is 15.5 Å². The molecule has 5 nitrogen and oxygen atoms in total. The molecule has 0 amide bonds. The number of benzene rings is 1. The number of para-hydroxylation sites is 1. The minimum atomic E-state index is 0.504. The molecule has 3 rings (SSSR count). The molecule has 0 spiro atoms. The monoisotopic (exact) mass is 315 g/mol. The van der Waals surface area contributed by atoms with Crippen LogP contribution in [-0.4, -0.2) is 23.3 Å². The van der Waals surface area contributed by atoms with Crippen LogP contribution in [0.15, 0.2) is 28.7 Å². The van der Waals surface area contributed by atoms with Crippen molar-refractivity contribution in [3.8, 4) is 17.2 Å². The summed E-state index contributed by atoms with van der Waals surface area (Å²) in [7, 11) is 1.64. The smallest absolute Gasteiger partial charge is 0.251 e. The second-order valence-corrected chi connectivity index (χ2v) is 6.46. The van der Waals surface area contributed by atoms with Crippen molar-refractivity contribution in [1.29, 1.82) is 0 Å². The van der Waals surface area contributed by atoms with Gasteiger partial charge in [0.1, 0.15) is 5.75 Å². The van der Waals surface area contributed by atoms with Crippen LogP contribution in [0.3, 0.4) is 0 Å². The summed E-state index contributed by atoms with van der Waals surface area (Å²) >= 11 is 0. The molecule has 1 aliphatic carbocycles. The third-order valence-electron chi connectivity index (χ3n) is 5.03. The zero-order valence-electron chi connectivity index (χ0n) is 14.1. The summed E-state index contributed by atoms with van der Waals surface area (Å²) in [5.41, 5.74) is 0.827. The van der Waals surface area contributed by atoms with E-state index in [-0.39, 0.29) is 0 Å². The molecule has 0 radical (unpaired) electrons. The molecular formula is C18H25N3O2. The average molecular weight is 315 g/mol. The first-order chi connectivity index (χ1) is 11.2. The predicted molar refractivity (Wildman–Crippen MR) is 89.1 cm³/mol. The fourth-order valence-corrected chi connectivity index (χ4v) is 3.34. The van der Waals surface area contributed by atoms with Gasteiger partial charge in [0.05, 0.1) is 19.2 Å². The summed E-state index contributed by atoms with van der Waals surface area (Å²) in [5.74, 6) is 3.32. The Balaban J connectivity index is 1.66. The topological polar surface area (TPSA) is 60.2 Å². The quantitative estimate of drug-likeness (QED) is 0.912. The molecule has 1 aromatic heterocycles. The van der Waals surface area contributed by atoms with Gasteiger partial charge in [-0.15, -0.1) is 10.2 Å². The number of ether oxygens (including phenoxy) is 1. The number of aromatic nitrogens is 2. The van der Waals surface area contributed by atoms with Gasteiger partial charge in [0.15, 0.2) is 0 Å². The van der Waals surface area contributed by atoms with Crippen molar-refractivity contribution in [2.24, 2.45) is 11.8 Å². The molecule has 0 saturated heterocycles. The molecule has 0 aliphatic heterocycles. The van der Waals surface area contributed by atoms with Gasteiger partial charge in [0.25, 0.3) is 5.89 Å². The molecule has 1 fully saturated rings. The molecule has 2 aromatic rings. The van der Waals surface area contributed by atoms with Crippen LogP contribution >= 0.6 is 0 Å². The Hall–Kier alpha value is -1.88. The first-order valence-corrected chi connectivity index (χ1v) is 8.38. The lowest BCUT2D eigenvalue weighted by Crippen LogP contribution is -2.40. The maximum atomic E-state index is 5.80. The Bertz CT molecular complexity index is 641. The number of hydrogen-bond acceptors (Lipinski definition) is 5. The zero-order valence-corrected chi connectivity index (χ0v) is 14.1. The molecule has 124 valence electrons. The van der Waals surface area contributed by atoms with E-state index in [1.165, 1.54) is 19.3 Å². The van der Waals surface area contributed by atoms with Gasteiger partial charge in [-0.2, -0.15) is 0 Å². The largest absolute Gasteiger partial charge is 0.496 e. The lowest BCUT2D eigenvalue weighted by Gasteiger charge is -2.34. The minimum absolute atomic E-state index is 0.504. The maximum absolute atomic E-state index is 5.80. The van der Waals surface area contributed by atoms with E-state index in [0.29, 0.717) is 30.3 Å². The van der Waals surface area contributed by atoms with Crippen LogP contribution in [0.5, 0.6) is 5.75 Å². The SMILES string of the molecule is COc1ccccc1-c1nnc(CN[C@@H]2CCC[C@@H](C)[C@@H]2C)o1. The number of nitrogens with zero attached hydrogens (tertiary/aromatic N) is 2. The van der Waals surface area contributed by atoms with E-state index < -0.39 is 0 Å². The highest BCUT2D eigenvalue weighted by Gasteiger charge is 2.27. The predicted octanol–water partition coefficient (Wildman–Crippen LogP) is 3.66. The Kier molecular flexibility index (Phi) is 4.96. The van der Waals surface area contributed by atoms with E-state index in [4.69, 9.17) is 9.15 Å². The van der Waals surface area contributed by atoms with E-state index in [2.05, 4.69) is 29.4 Å². The van der Waals surface area contributed by atoms with E-state index >= 15 is 0 Å². The average Bonchev–Trinajstić information content (AvgIpc) is 3.05. The van der Waals surface area contributed by atoms with Gasteiger partial charge in [-0.25, -0.2) is 0 Å². The lowest BCUT2D eigenvalue weighted by atomic mass is 9.78. The summed E-state index contributed by atoms with van der Waals surface area (Å²) in [4.78, 5) is 0. The molecule has 23 heavy (non-hydrogen) atoms. The minimum Gasteiger partial charge on any atom is -0.496 e. The summed E-state index contributed by atoms with van der Waals surface area (Å²) in [6.07, 6.45) is 3.84. The third-order valence-corrected chi connectivity index (χ3v) is 5.03. The molecule has 3 atom stereocenters. The van der Waals surface area contributed by atoms with Crippen LogP contribution in [0.1, 0.15) is 39.0 Å². The van der Waals surface area contributed by atoms with Crippen molar-refractivity contribution in [3.63, 3.8) is 0 Å². The third kappa shape index (κ3) is 3.55. The fraction of sp³-hybridized carbons (Fsp3) is 0.556. The first kappa shape index (κ1) is 16.0. The second kappa shape index (κ2) is 7.13. The Morgan fingerprint density at radius 1 is 1.22 bits per heavy atom. The number of hydrogen-bond donors (Lipinski definition) is 1. The molecule has 1 saturated carbocycles. The maximum Gasteiger partial charge on any atom is 0.251 e. The molecular weight excluding hydrogens is 290 g/mol. The van der Waals surface area contributed by atoms with E-state index in [0.717, 1.165) is 17.2 Å². The molecule has 5 heteroatoms. The summed E-state index contributed by atoms with van der Waals surface area (Å²) in [6.45, 7) is 5.28. The Morgan fingerprint density at radius 2 is 2.04 bits per heavy atom. The lowest BCUT2D eigenvalue weighted by molar-refractivity contribution is 0.202. The highest BCUT2D eigenvalue weighted by molar-refractivity contribution is 5.62. The van der Waals surface area contributed by atoms with Gasteiger partial charge in [-0.1, -0.05) is 38.8 Å². The van der Waals surface area contributed by atoms with E-state index in [9.17, 15) is 0 Å². The summed E-state index contributed by atoms with van der Waals surface area (Å²) in [6, 6.07) is 8.20. The van der Waals surface area contributed by atoms with Crippen LogP contribution in [0.2, 0.25) is 0 Å². The van der Waals surface area contributed by atoms with Gasteiger partial charge in [0.2, 0.25) is 5.89 Å². The van der Waals surface area contributed by atoms with Crippen LogP contribution < -0.4 is 10.1 Å². The normalized spacial score (nSPS) is 24.6. The highest BCUT2D eigenvalue weighted by atomic mass is 16.5. The standard InChI is InChI=1S/C18H25N3O2/c1-12-7-6-9-15(13(12)2)19-11-17-20-21-18(23-17)14-8-4-5-10-16(14)22-3/h4-5,8,10,12-13,15,19H,6-7,9,11H2,1-3H3/t12-,13+,15-/m1/s1. The van der Waals surface area contributed by atoms with E-state index in [1.54, 1.807) is 7.11 Å². The van der Waals surface area contributed by atoms with Crippen LogP contribution in [0, 0.1) is 11.8 Å². The number of nitrogens with one attached hydrogen (secondary N) is 1. The van der Waals surface area contributed by atoms with Crippen LogP contribution in [-0.2, 0) is 6.54 Å². The Morgan fingerprint density at radius 3 is 2.87 bits per heavy atom. The van der Waals surface area contributed by atoms with Crippen molar-refractivity contribution in [3.05, 3.63) is 30.2 Å². The van der Waals surface area contributed by atoms with Crippen molar-refractivity contribution in [2.75, 3.05) is 7.11 Å². The van der Waals surface area contributed by atoms with Gasteiger partial charge in [-0.3, -0.25) is 0 Å². The number of rotatable bonds is 5. The van der Waals surface area contributed by atoms with Crippen molar-refractivity contribution >= 4 is 0 Å². The second-order valence-electron chi connectivity index (χ2n) is 6.46. The Labute approximate surface area is 137 Å². The number of methoxy groups -OCH3 is 1. The van der Waals surface area contributed by atoms with Gasteiger partial charge >= 0.3 is 0 Å². The highest BCUT2D eigenvalue weighted by Crippen LogP contribution is 2.30. The first-order valence-electron chi connectivity index (χ1n) is 8.38. The zero-order chi connectivity index (χ0) is 16.2. The summed E-state index contributed by atoms with van der Waals surface area (Å²) < 4.78 is 11.1. The molecule has 1 aromatic carbocycles. The van der Waals surface area contributed by atoms with Gasteiger partial charge in [0, 0.05) is 6.04 Å². The van der Waals surface area contributed by atoms with Crippen molar-refractivity contribution < 1.29 is 9.15 Å². The van der Waals surface area contributed by atoms with Crippen molar-refractivity contribution in [2.45, 2.75) is 45.7 Å². The molecule has 0 bridgehead atoms. The van der Waals surface area contributed by atoms with Crippen LogP contribution in [0.4, 0.5) is 0 Å². The molecule has 1 N–H and O–H groups in total. The summed E-state index contributed by atoms with van der Waals surface area (Å²) in [5, 5.41) is 11.9.